The summed E-state index contributed by atoms with van der Waals surface area (Å²) in [7, 11) is -1.78. The summed E-state index contributed by atoms with van der Waals surface area (Å²) in [6, 6.07) is 26.3. The predicted molar refractivity (Wildman–Crippen MR) is 148 cm³/mol. The lowest BCUT2D eigenvalue weighted by Crippen LogP contribution is -2.10. The van der Waals surface area contributed by atoms with Crippen LogP contribution in [0.3, 0.4) is 0 Å². The molecule has 2 heterocycles. The second kappa shape index (κ2) is 11.6. The molecule has 0 aliphatic rings. The van der Waals surface area contributed by atoms with Gasteiger partial charge in [0.2, 0.25) is 0 Å². The molecule has 0 amide bonds. The lowest BCUT2D eigenvalue weighted by Gasteiger charge is -2.08. The molecular formula is C29H29N5O4S. The van der Waals surface area contributed by atoms with E-state index in [1.807, 2.05) is 72.9 Å². The molecule has 5 aromatic rings. The fraction of sp³-hybridized carbons (Fsp3) is 0.207. The van der Waals surface area contributed by atoms with Crippen LogP contribution in [0.15, 0.2) is 96.0 Å². The van der Waals surface area contributed by atoms with E-state index in [0.29, 0.717) is 42.8 Å². The van der Waals surface area contributed by atoms with Crippen molar-refractivity contribution in [1.29, 1.82) is 0 Å². The first-order chi connectivity index (χ1) is 18.9. The van der Waals surface area contributed by atoms with Gasteiger partial charge in [0.1, 0.15) is 18.2 Å². The average molecular weight is 544 g/mol. The number of para-hydroxylation sites is 1. The highest BCUT2D eigenvalue weighted by Gasteiger charge is 2.19. The van der Waals surface area contributed by atoms with E-state index in [1.165, 1.54) is 6.26 Å². The minimum absolute atomic E-state index is 0.262. The third kappa shape index (κ3) is 6.42. The monoisotopic (exact) mass is 543 g/mol. The Balaban J connectivity index is 1.50. The van der Waals surface area contributed by atoms with Crippen LogP contribution >= 0.6 is 0 Å². The van der Waals surface area contributed by atoms with E-state index in [0.717, 1.165) is 16.9 Å². The van der Waals surface area contributed by atoms with Gasteiger partial charge in [0.05, 0.1) is 18.0 Å². The zero-order valence-corrected chi connectivity index (χ0v) is 22.6. The summed E-state index contributed by atoms with van der Waals surface area (Å²) in [6.45, 7) is 1.51. The van der Waals surface area contributed by atoms with Gasteiger partial charge in [-0.25, -0.2) is 13.4 Å². The van der Waals surface area contributed by atoms with Gasteiger partial charge in [0, 0.05) is 37.6 Å². The Kier molecular flexibility index (Phi) is 7.85. The van der Waals surface area contributed by atoms with E-state index in [2.05, 4.69) is 5.10 Å². The molecule has 0 spiro atoms. The Labute approximate surface area is 227 Å². The smallest absolute Gasteiger partial charge is 0.181 e. The molecule has 0 unspecified atom stereocenters. The molecule has 0 aliphatic carbocycles. The van der Waals surface area contributed by atoms with E-state index in [4.69, 9.17) is 19.6 Å². The number of hydrogen-bond acceptors (Lipinski definition) is 7. The molecule has 0 atom stereocenters. The van der Waals surface area contributed by atoms with E-state index in [9.17, 15) is 8.42 Å². The SMILES string of the molecule is COCCn1ccc(-n2nc(-c3cccc(COc4ccccc4)c3)nc2Cc2ccccc2S(C)(=O)=O)n1. The summed E-state index contributed by atoms with van der Waals surface area (Å²) in [4.78, 5) is 5.12. The van der Waals surface area contributed by atoms with Crippen LogP contribution in [-0.2, 0) is 34.1 Å². The quantitative estimate of drug-likeness (QED) is 0.244. The van der Waals surface area contributed by atoms with Gasteiger partial charge in [0.15, 0.2) is 21.5 Å². The number of hydrogen-bond donors (Lipinski definition) is 0. The van der Waals surface area contributed by atoms with Crippen LogP contribution in [0, 0.1) is 0 Å². The molecule has 0 fully saturated rings. The number of benzene rings is 3. The van der Waals surface area contributed by atoms with E-state index < -0.39 is 9.84 Å². The molecule has 39 heavy (non-hydrogen) atoms. The summed E-state index contributed by atoms with van der Waals surface area (Å²) in [5.41, 5.74) is 2.43. The van der Waals surface area contributed by atoms with Crippen LogP contribution in [0.25, 0.3) is 17.2 Å². The summed E-state index contributed by atoms with van der Waals surface area (Å²) in [6.07, 6.45) is 3.33. The number of aromatic nitrogens is 5. The third-order valence-electron chi connectivity index (χ3n) is 6.10. The largest absolute Gasteiger partial charge is 0.489 e. The fourth-order valence-electron chi connectivity index (χ4n) is 4.20. The van der Waals surface area contributed by atoms with Gasteiger partial charge in [-0.2, -0.15) is 9.78 Å². The van der Waals surface area contributed by atoms with E-state index >= 15 is 0 Å². The van der Waals surface area contributed by atoms with Crippen LogP contribution in [0.5, 0.6) is 5.75 Å². The van der Waals surface area contributed by atoms with Crippen LogP contribution in [0.1, 0.15) is 17.0 Å². The van der Waals surface area contributed by atoms with Crippen molar-refractivity contribution in [3.05, 3.63) is 108 Å². The van der Waals surface area contributed by atoms with Gasteiger partial charge in [-0.1, -0.05) is 54.6 Å². The van der Waals surface area contributed by atoms with Crippen molar-refractivity contribution in [2.75, 3.05) is 20.0 Å². The minimum Gasteiger partial charge on any atom is -0.489 e. The van der Waals surface area contributed by atoms with Crippen LogP contribution < -0.4 is 4.74 Å². The maximum Gasteiger partial charge on any atom is 0.181 e. The third-order valence-corrected chi connectivity index (χ3v) is 7.29. The molecule has 0 aliphatic heterocycles. The molecule has 10 heteroatoms. The fourth-order valence-corrected chi connectivity index (χ4v) is 5.15. The highest BCUT2D eigenvalue weighted by molar-refractivity contribution is 7.90. The first-order valence-electron chi connectivity index (χ1n) is 12.4. The summed E-state index contributed by atoms with van der Waals surface area (Å²) in [5.74, 6) is 2.46. The Bertz CT molecular complexity index is 1660. The minimum atomic E-state index is -3.42. The second-order valence-electron chi connectivity index (χ2n) is 9.05. The Morgan fingerprint density at radius 1 is 0.897 bits per heavy atom. The molecule has 0 saturated heterocycles. The number of ether oxygens (including phenoxy) is 2. The maximum absolute atomic E-state index is 12.4. The first-order valence-corrected chi connectivity index (χ1v) is 14.3. The molecule has 0 bridgehead atoms. The topological polar surface area (TPSA) is 101 Å². The standard InChI is InChI=1S/C29H29N5O4S/c1-37-18-17-33-16-15-27(31-33)34-28(20-23-10-6-7-14-26(23)39(2,35)36)30-29(32-34)24-11-8-9-22(19-24)21-38-25-12-4-3-5-13-25/h3-16,19H,17-18,20-21H2,1-2H3. The molecular weight excluding hydrogens is 514 g/mol. The predicted octanol–water partition coefficient (Wildman–Crippen LogP) is 4.35. The Morgan fingerprint density at radius 3 is 2.49 bits per heavy atom. The van der Waals surface area contributed by atoms with Crippen molar-refractivity contribution in [3.8, 4) is 23.0 Å². The van der Waals surface area contributed by atoms with Crippen molar-refractivity contribution in [3.63, 3.8) is 0 Å². The highest BCUT2D eigenvalue weighted by atomic mass is 32.2. The lowest BCUT2D eigenvalue weighted by atomic mass is 10.1. The van der Waals surface area contributed by atoms with E-state index in [1.54, 1.807) is 34.7 Å². The van der Waals surface area contributed by atoms with Crippen molar-refractivity contribution in [2.24, 2.45) is 0 Å². The van der Waals surface area contributed by atoms with Gasteiger partial charge >= 0.3 is 0 Å². The van der Waals surface area contributed by atoms with Gasteiger partial charge in [-0.15, -0.1) is 5.10 Å². The second-order valence-corrected chi connectivity index (χ2v) is 11.0. The molecule has 0 saturated carbocycles. The van der Waals surface area contributed by atoms with Gasteiger partial charge < -0.3 is 9.47 Å². The van der Waals surface area contributed by atoms with Crippen LogP contribution in [0.4, 0.5) is 0 Å². The zero-order valence-electron chi connectivity index (χ0n) is 21.8. The summed E-state index contributed by atoms with van der Waals surface area (Å²) >= 11 is 0. The Hall–Kier alpha value is -4.28. The summed E-state index contributed by atoms with van der Waals surface area (Å²) < 4.78 is 39.4. The molecule has 5 rings (SSSR count). The van der Waals surface area contributed by atoms with Gasteiger partial charge in [-0.05, 0) is 35.4 Å². The number of sulfone groups is 1. The molecule has 0 N–H and O–H groups in total. The zero-order chi connectivity index (χ0) is 27.2. The number of methoxy groups -OCH3 is 1. The van der Waals surface area contributed by atoms with Crippen LogP contribution in [-0.4, -0.2) is 52.9 Å². The van der Waals surface area contributed by atoms with Crippen LogP contribution in [0.2, 0.25) is 0 Å². The number of nitrogens with zero attached hydrogens (tertiary/aromatic N) is 5. The summed E-state index contributed by atoms with van der Waals surface area (Å²) in [5, 5.41) is 9.44. The molecule has 200 valence electrons. The highest BCUT2D eigenvalue weighted by Crippen LogP contribution is 2.24. The van der Waals surface area contributed by atoms with Gasteiger partial charge in [0.25, 0.3) is 0 Å². The first kappa shape index (κ1) is 26.3. The normalized spacial score (nSPS) is 11.5. The van der Waals surface area contributed by atoms with Crippen molar-refractivity contribution < 1.29 is 17.9 Å². The van der Waals surface area contributed by atoms with E-state index in [-0.39, 0.29) is 11.3 Å². The Morgan fingerprint density at radius 2 is 1.69 bits per heavy atom. The molecule has 2 aromatic heterocycles. The van der Waals surface area contributed by atoms with Crippen molar-refractivity contribution in [1.82, 2.24) is 24.5 Å². The van der Waals surface area contributed by atoms with Crippen molar-refractivity contribution in [2.45, 2.75) is 24.5 Å². The van der Waals surface area contributed by atoms with Crippen molar-refractivity contribution >= 4 is 9.84 Å². The van der Waals surface area contributed by atoms with Gasteiger partial charge in [-0.3, -0.25) is 4.68 Å². The molecule has 0 radical (unpaired) electrons. The average Bonchev–Trinajstić information content (AvgIpc) is 3.58. The lowest BCUT2D eigenvalue weighted by molar-refractivity contribution is 0.183. The maximum atomic E-state index is 12.4. The molecule has 3 aromatic carbocycles. The molecule has 9 nitrogen and oxygen atoms in total. The number of rotatable bonds is 11.